The molecule has 0 saturated heterocycles. The molecule has 0 aliphatic heterocycles. The molecule has 0 atom stereocenters. The standard InChI is InChI=1S/C18H18BrIO3/c1-18(2,3)12-6-8-15(13(19)10-12)23-17(21)11-5-7-16(22-4)14(20)9-11/h5-10H,1-4H3. The van der Waals surface area contributed by atoms with Gasteiger partial charge in [0.1, 0.15) is 11.5 Å². The molecule has 0 radical (unpaired) electrons. The SMILES string of the molecule is COc1ccc(C(=O)Oc2ccc(C(C)(C)C)cc2Br)cc1I. The molecule has 2 aromatic rings. The molecular formula is C18H18BrIO3. The maximum Gasteiger partial charge on any atom is 0.343 e. The number of ether oxygens (including phenoxy) is 2. The van der Waals surface area contributed by atoms with E-state index in [4.69, 9.17) is 9.47 Å². The highest BCUT2D eigenvalue weighted by molar-refractivity contribution is 14.1. The monoisotopic (exact) mass is 488 g/mol. The first-order chi connectivity index (χ1) is 10.7. The Balaban J connectivity index is 2.22. The maximum atomic E-state index is 12.3. The molecule has 0 aliphatic rings. The van der Waals surface area contributed by atoms with Crippen molar-refractivity contribution in [2.45, 2.75) is 26.2 Å². The Kier molecular flexibility index (Phi) is 5.73. The highest BCUT2D eigenvalue weighted by Crippen LogP contribution is 2.32. The van der Waals surface area contributed by atoms with Crippen LogP contribution in [0.2, 0.25) is 0 Å². The Morgan fingerprint density at radius 1 is 1.09 bits per heavy atom. The molecule has 5 heteroatoms. The Bertz CT molecular complexity index is 736. The molecule has 0 bridgehead atoms. The van der Waals surface area contributed by atoms with Crippen LogP contribution in [0.5, 0.6) is 11.5 Å². The number of halogens is 2. The Labute approximate surface area is 158 Å². The van der Waals surface area contributed by atoms with E-state index < -0.39 is 5.97 Å². The van der Waals surface area contributed by atoms with Crippen molar-refractivity contribution in [2.24, 2.45) is 0 Å². The van der Waals surface area contributed by atoms with E-state index in [0.717, 1.165) is 13.8 Å². The van der Waals surface area contributed by atoms with E-state index in [1.165, 1.54) is 5.56 Å². The molecule has 0 unspecified atom stereocenters. The predicted molar refractivity (Wildman–Crippen MR) is 104 cm³/mol. The van der Waals surface area contributed by atoms with Gasteiger partial charge in [0.15, 0.2) is 0 Å². The summed E-state index contributed by atoms with van der Waals surface area (Å²) < 4.78 is 12.3. The normalized spacial score (nSPS) is 11.2. The summed E-state index contributed by atoms with van der Waals surface area (Å²) in [5, 5.41) is 0. The molecular weight excluding hydrogens is 471 g/mol. The minimum absolute atomic E-state index is 0.0388. The fraction of sp³-hybridized carbons (Fsp3) is 0.278. The summed E-state index contributed by atoms with van der Waals surface area (Å²) in [5.74, 6) is 0.849. The first kappa shape index (κ1) is 18.3. The predicted octanol–water partition coefficient (Wildman–Crippen LogP) is 5.58. The second-order valence-electron chi connectivity index (χ2n) is 6.13. The molecule has 0 spiro atoms. The fourth-order valence-electron chi connectivity index (χ4n) is 2.00. The van der Waals surface area contributed by atoms with Crippen LogP contribution in [-0.4, -0.2) is 13.1 Å². The summed E-state index contributed by atoms with van der Waals surface area (Å²) in [6, 6.07) is 11.0. The lowest BCUT2D eigenvalue weighted by atomic mass is 9.87. The van der Waals surface area contributed by atoms with Gasteiger partial charge in [0.25, 0.3) is 0 Å². The molecule has 2 aromatic carbocycles. The lowest BCUT2D eigenvalue weighted by Crippen LogP contribution is -2.12. The van der Waals surface area contributed by atoms with Gasteiger partial charge in [-0.1, -0.05) is 26.8 Å². The molecule has 3 nitrogen and oxygen atoms in total. The van der Waals surface area contributed by atoms with Gasteiger partial charge in [0, 0.05) is 0 Å². The first-order valence-electron chi connectivity index (χ1n) is 7.08. The van der Waals surface area contributed by atoms with Crippen LogP contribution < -0.4 is 9.47 Å². The van der Waals surface area contributed by atoms with Crippen LogP contribution in [0.1, 0.15) is 36.7 Å². The average molecular weight is 489 g/mol. The molecule has 0 saturated carbocycles. The molecule has 0 N–H and O–H groups in total. The lowest BCUT2D eigenvalue weighted by molar-refractivity contribution is 0.0733. The number of rotatable bonds is 3. The third-order valence-electron chi connectivity index (χ3n) is 3.39. The zero-order valence-corrected chi connectivity index (χ0v) is 17.2. The van der Waals surface area contributed by atoms with Gasteiger partial charge in [-0.2, -0.15) is 0 Å². The van der Waals surface area contributed by atoms with Crippen molar-refractivity contribution in [2.75, 3.05) is 7.11 Å². The van der Waals surface area contributed by atoms with Crippen molar-refractivity contribution < 1.29 is 14.3 Å². The number of carbonyl (C=O) groups is 1. The van der Waals surface area contributed by atoms with E-state index in [0.29, 0.717) is 11.3 Å². The summed E-state index contributed by atoms with van der Waals surface area (Å²) in [5.41, 5.74) is 1.70. The summed E-state index contributed by atoms with van der Waals surface area (Å²) in [7, 11) is 1.60. The number of esters is 1. The third kappa shape index (κ3) is 4.47. The van der Waals surface area contributed by atoms with Crippen LogP contribution in [0.4, 0.5) is 0 Å². The van der Waals surface area contributed by atoms with Crippen molar-refractivity contribution in [1.82, 2.24) is 0 Å². The van der Waals surface area contributed by atoms with Crippen LogP contribution >= 0.6 is 38.5 Å². The summed E-state index contributed by atoms with van der Waals surface area (Å²) in [6.07, 6.45) is 0. The molecule has 0 aliphatic carbocycles. The van der Waals surface area contributed by atoms with Crippen LogP contribution in [-0.2, 0) is 5.41 Å². The minimum atomic E-state index is -0.394. The maximum absolute atomic E-state index is 12.3. The molecule has 2 rings (SSSR count). The van der Waals surface area contributed by atoms with Crippen LogP contribution in [0.15, 0.2) is 40.9 Å². The van der Waals surface area contributed by atoms with E-state index >= 15 is 0 Å². The number of carbonyl (C=O) groups excluding carboxylic acids is 1. The summed E-state index contributed by atoms with van der Waals surface area (Å²) in [4.78, 5) is 12.3. The Morgan fingerprint density at radius 2 is 1.74 bits per heavy atom. The third-order valence-corrected chi connectivity index (χ3v) is 4.85. The van der Waals surface area contributed by atoms with E-state index in [9.17, 15) is 4.79 Å². The molecule has 23 heavy (non-hydrogen) atoms. The van der Waals surface area contributed by atoms with Crippen LogP contribution in [0.25, 0.3) is 0 Å². The summed E-state index contributed by atoms with van der Waals surface area (Å²) in [6.45, 7) is 6.42. The van der Waals surface area contributed by atoms with E-state index in [2.05, 4.69) is 59.3 Å². The van der Waals surface area contributed by atoms with Crippen molar-refractivity contribution >= 4 is 44.5 Å². The zero-order chi connectivity index (χ0) is 17.2. The van der Waals surface area contributed by atoms with Crippen molar-refractivity contribution in [1.29, 1.82) is 0 Å². The fourth-order valence-corrected chi connectivity index (χ4v) is 3.20. The number of benzene rings is 2. The quantitative estimate of drug-likeness (QED) is 0.321. The van der Waals surface area contributed by atoms with Gasteiger partial charge < -0.3 is 9.47 Å². The summed E-state index contributed by atoms with van der Waals surface area (Å²) >= 11 is 5.61. The minimum Gasteiger partial charge on any atom is -0.496 e. The Morgan fingerprint density at radius 3 is 2.26 bits per heavy atom. The highest BCUT2D eigenvalue weighted by atomic mass is 127. The van der Waals surface area contributed by atoms with Gasteiger partial charge >= 0.3 is 5.97 Å². The van der Waals surface area contributed by atoms with E-state index in [1.807, 2.05) is 18.2 Å². The van der Waals surface area contributed by atoms with Gasteiger partial charge in [-0.3, -0.25) is 0 Å². The van der Waals surface area contributed by atoms with Gasteiger partial charge in [0.05, 0.1) is 20.7 Å². The van der Waals surface area contributed by atoms with E-state index in [-0.39, 0.29) is 5.41 Å². The van der Waals surface area contributed by atoms with Crippen molar-refractivity contribution in [3.63, 3.8) is 0 Å². The zero-order valence-electron chi connectivity index (χ0n) is 13.4. The second-order valence-corrected chi connectivity index (χ2v) is 8.15. The number of hydrogen-bond acceptors (Lipinski definition) is 3. The van der Waals surface area contributed by atoms with Gasteiger partial charge in [0.2, 0.25) is 0 Å². The highest BCUT2D eigenvalue weighted by Gasteiger charge is 2.17. The second kappa shape index (κ2) is 7.21. The smallest absolute Gasteiger partial charge is 0.343 e. The van der Waals surface area contributed by atoms with Gasteiger partial charge in [-0.05, 0) is 79.8 Å². The molecule has 0 amide bonds. The molecule has 0 aromatic heterocycles. The average Bonchev–Trinajstić information content (AvgIpc) is 2.48. The number of methoxy groups -OCH3 is 1. The van der Waals surface area contributed by atoms with Gasteiger partial charge in [-0.25, -0.2) is 4.79 Å². The topological polar surface area (TPSA) is 35.5 Å². The molecule has 0 fully saturated rings. The lowest BCUT2D eigenvalue weighted by Gasteiger charge is -2.20. The largest absolute Gasteiger partial charge is 0.496 e. The Hall–Kier alpha value is -1.08. The first-order valence-corrected chi connectivity index (χ1v) is 8.95. The van der Waals surface area contributed by atoms with Crippen molar-refractivity contribution in [3.05, 3.63) is 55.6 Å². The molecule has 0 heterocycles. The van der Waals surface area contributed by atoms with E-state index in [1.54, 1.807) is 25.3 Å². The van der Waals surface area contributed by atoms with Gasteiger partial charge in [-0.15, -0.1) is 0 Å². The van der Waals surface area contributed by atoms with Crippen molar-refractivity contribution in [3.8, 4) is 11.5 Å². The van der Waals surface area contributed by atoms with Crippen LogP contribution in [0, 0.1) is 3.57 Å². The molecule has 122 valence electrons. The number of hydrogen-bond donors (Lipinski definition) is 0. The van der Waals surface area contributed by atoms with Crippen LogP contribution in [0.3, 0.4) is 0 Å².